The van der Waals surface area contributed by atoms with Crippen LogP contribution < -0.4 is 4.72 Å². The summed E-state index contributed by atoms with van der Waals surface area (Å²) in [6.45, 7) is -2.16. The van der Waals surface area contributed by atoms with Crippen molar-refractivity contribution in [2.24, 2.45) is 11.8 Å². The zero-order chi connectivity index (χ0) is 18.1. The average Bonchev–Trinajstić information content (AvgIpc) is 3.13. The van der Waals surface area contributed by atoms with Crippen LogP contribution in [-0.4, -0.2) is 56.1 Å². The van der Waals surface area contributed by atoms with Crippen molar-refractivity contribution in [1.29, 1.82) is 0 Å². The second-order valence-corrected chi connectivity index (χ2v) is 8.09. The number of nitrogens with zero attached hydrogens (tertiary/aromatic N) is 1. The van der Waals surface area contributed by atoms with Crippen LogP contribution in [0.3, 0.4) is 0 Å². The zero-order valence-corrected chi connectivity index (χ0v) is 13.6. The summed E-state index contributed by atoms with van der Waals surface area (Å²) >= 11 is 0.920. The molecule has 0 spiro atoms. The van der Waals surface area contributed by atoms with Gasteiger partial charge < -0.3 is 10.0 Å². The molecule has 2 N–H and O–H groups in total. The van der Waals surface area contributed by atoms with Crippen molar-refractivity contribution in [3.63, 3.8) is 0 Å². The highest BCUT2D eigenvalue weighted by Crippen LogP contribution is 2.37. The molecule has 0 unspecified atom stereocenters. The Hall–Kier alpha value is -1.66. The summed E-state index contributed by atoms with van der Waals surface area (Å²) in [5.41, 5.74) is 0. The van der Waals surface area contributed by atoms with Gasteiger partial charge in [0, 0.05) is 13.1 Å². The number of thiophene rings is 1. The van der Waals surface area contributed by atoms with E-state index < -0.39 is 59.5 Å². The maximum Gasteiger partial charge on any atom is 0.394 e. The number of amides is 1. The molecule has 1 aromatic rings. The Balaban J connectivity index is 2.02. The van der Waals surface area contributed by atoms with Crippen molar-refractivity contribution < 1.29 is 36.3 Å². The van der Waals surface area contributed by atoms with Gasteiger partial charge in [-0.2, -0.15) is 13.2 Å². The van der Waals surface area contributed by atoms with E-state index in [-0.39, 0.29) is 4.21 Å². The summed E-state index contributed by atoms with van der Waals surface area (Å²) in [7, 11) is -3.93. The summed E-state index contributed by atoms with van der Waals surface area (Å²) in [5, 5.41) is 10.4. The molecule has 1 saturated heterocycles. The first-order chi connectivity index (χ1) is 11.0. The topological polar surface area (TPSA) is 104 Å². The van der Waals surface area contributed by atoms with Crippen LogP contribution >= 0.6 is 11.3 Å². The third kappa shape index (κ3) is 4.05. The Morgan fingerprint density at radius 1 is 1.38 bits per heavy atom. The van der Waals surface area contributed by atoms with E-state index in [9.17, 15) is 31.2 Å². The Kier molecular flexibility index (Phi) is 5.20. The standard InChI is InChI=1S/C12H13F3N2O5S2/c13-12(14,15)8-6-17(5-7(8)11(19)20)9(18)4-16-24(21,22)10-2-1-3-23-10/h1-3,7-8,16H,4-6H2,(H,19,20)/t7-,8-/m1/s1. The van der Waals surface area contributed by atoms with E-state index in [1.807, 2.05) is 4.72 Å². The van der Waals surface area contributed by atoms with E-state index >= 15 is 0 Å². The number of carbonyl (C=O) groups excluding carboxylic acids is 1. The van der Waals surface area contributed by atoms with Gasteiger partial charge in [0.25, 0.3) is 10.0 Å². The molecule has 1 aliphatic heterocycles. The van der Waals surface area contributed by atoms with Gasteiger partial charge in [-0.3, -0.25) is 9.59 Å². The fourth-order valence-electron chi connectivity index (χ4n) is 2.35. The van der Waals surface area contributed by atoms with E-state index in [0.29, 0.717) is 4.90 Å². The molecule has 2 heterocycles. The lowest BCUT2D eigenvalue weighted by atomic mass is 9.96. The van der Waals surface area contributed by atoms with Crippen LogP contribution in [0.1, 0.15) is 0 Å². The molecule has 1 fully saturated rings. The quantitative estimate of drug-likeness (QED) is 0.777. The van der Waals surface area contributed by atoms with Crippen LogP contribution in [0.2, 0.25) is 0 Å². The van der Waals surface area contributed by atoms with Gasteiger partial charge in [-0.1, -0.05) is 6.07 Å². The summed E-state index contributed by atoms with van der Waals surface area (Å²) in [4.78, 5) is 23.6. The van der Waals surface area contributed by atoms with E-state index in [4.69, 9.17) is 5.11 Å². The normalized spacial score (nSPS) is 21.9. The van der Waals surface area contributed by atoms with Crippen LogP contribution in [0.25, 0.3) is 0 Å². The van der Waals surface area contributed by atoms with Crippen molar-refractivity contribution in [2.75, 3.05) is 19.6 Å². The van der Waals surface area contributed by atoms with Crippen LogP contribution in [0.5, 0.6) is 0 Å². The molecule has 134 valence electrons. The molecule has 24 heavy (non-hydrogen) atoms. The maximum absolute atomic E-state index is 12.9. The summed E-state index contributed by atoms with van der Waals surface area (Å²) < 4.78 is 64.3. The number of carbonyl (C=O) groups is 2. The molecule has 0 saturated carbocycles. The molecule has 7 nitrogen and oxygen atoms in total. The molecule has 0 radical (unpaired) electrons. The summed E-state index contributed by atoms with van der Waals surface area (Å²) in [6.07, 6.45) is -4.76. The number of carboxylic acid groups (broad SMARTS) is 1. The number of nitrogens with one attached hydrogen (secondary N) is 1. The molecule has 0 aliphatic carbocycles. The lowest BCUT2D eigenvalue weighted by Crippen LogP contribution is -2.39. The molecule has 12 heteroatoms. The number of hydrogen-bond donors (Lipinski definition) is 2. The number of aliphatic carboxylic acids is 1. The van der Waals surface area contributed by atoms with Crippen molar-refractivity contribution in [3.05, 3.63) is 17.5 Å². The minimum atomic E-state index is -4.76. The van der Waals surface area contributed by atoms with Gasteiger partial charge in [-0.05, 0) is 11.4 Å². The number of rotatable bonds is 5. The van der Waals surface area contributed by atoms with Gasteiger partial charge in [-0.15, -0.1) is 11.3 Å². The highest BCUT2D eigenvalue weighted by Gasteiger charge is 2.53. The van der Waals surface area contributed by atoms with Crippen molar-refractivity contribution in [3.8, 4) is 0 Å². The first-order valence-electron chi connectivity index (χ1n) is 6.63. The van der Waals surface area contributed by atoms with E-state index in [1.165, 1.54) is 17.5 Å². The number of halogens is 3. The van der Waals surface area contributed by atoms with Gasteiger partial charge in [0.1, 0.15) is 4.21 Å². The molecular weight excluding hydrogens is 373 g/mol. The first kappa shape index (κ1) is 18.7. The van der Waals surface area contributed by atoms with Crippen molar-refractivity contribution in [2.45, 2.75) is 10.4 Å². The Morgan fingerprint density at radius 3 is 2.50 bits per heavy atom. The van der Waals surface area contributed by atoms with Crippen molar-refractivity contribution >= 4 is 33.2 Å². The minimum Gasteiger partial charge on any atom is -0.481 e. The molecule has 1 aromatic heterocycles. The molecular formula is C12H13F3N2O5S2. The van der Waals surface area contributed by atoms with Crippen LogP contribution in [0.15, 0.2) is 21.7 Å². The second kappa shape index (κ2) is 6.69. The highest BCUT2D eigenvalue weighted by molar-refractivity contribution is 7.91. The summed E-state index contributed by atoms with van der Waals surface area (Å²) in [5.74, 6) is -6.49. The Morgan fingerprint density at radius 2 is 2.04 bits per heavy atom. The number of likely N-dealkylation sites (tertiary alicyclic amines) is 1. The Labute approximate surface area is 139 Å². The molecule has 0 bridgehead atoms. The highest BCUT2D eigenvalue weighted by atomic mass is 32.2. The van der Waals surface area contributed by atoms with Crippen LogP contribution in [-0.2, 0) is 19.6 Å². The SMILES string of the molecule is O=C(O)[C@@H]1CN(C(=O)CNS(=O)(=O)c2cccs2)C[C@H]1C(F)(F)F. The van der Waals surface area contributed by atoms with Gasteiger partial charge in [0.2, 0.25) is 5.91 Å². The predicted molar refractivity (Wildman–Crippen MR) is 76.8 cm³/mol. The van der Waals surface area contributed by atoms with Gasteiger partial charge >= 0.3 is 12.1 Å². The van der Waals surface area contributed by atoms with E-state index in [1.54, 1.807) is 0 Å². The number of hydrogen-bond acceptors (Lipinski definition) is 5. The second-order valence-electron chi connectivity index (χ2n) is 5.15. The van der Waals surface area contributed by atoms with Crippen LogP contribution in [0.4, 0.5) is 13.2 Å². The van der Waals surface area contributed by atoms with E-state index in [2.05, 4.69) is 0 Å². The molecule has 1 aliphatic rings. The number of alkyl halides is 3. The number of carboxylic acids is 1. The average molecular weight is 386 g/mol. The third-order valence-electron chi connectivity index (χ3n) is 3.58. The van der Waals surface area contributed by atoms with Gasteiger partial charge in [-0.25, -0.2) is 13.1 Å². The van der Waals surface area contributed by atoms with Crippen LogP contribution in [0, 0.1) is 11.8 Å². The lowest BCUT2D eigenvalue weighted by Gasteiger charge is -2.18. The summed E-state index contributed by atoms with van der Waals surface area (Å²) in [6, 6.07) is 2.81. The maximum atomic E-state index is 12.9. The monoisotopic (exact) mass is 386 g/mol. The largest absolute Gasteiger partial charge is 0.481 e. The fourth-order valence-corrected chi connectivity index (χ4v) is 4.36. The van der Waals surface area contributed by atoms with E-state index in [0.717, 1.165) is 11.3 Å². The fraction of sp³-hybridized carbons (Fsp3) is 0.500. The Bertz CT molecular complexity index is 718. The zero-order valence-electron chi connectivity index (χ0n) is 12.0. The lowest BCUT2D eigenvalue weighted by molar-refractivity contribution is -0.188. The predicted octanol–water partition coefficient (Wildman–Crippen LogP) is 0.748. The minimum absolute atomic E-state index is 0.0340. The molecule has 2 atom stereocenters. The molecule has 2 rings (SSSR count). The number of sulfonamides is 1. The van der Waals surface area contributed by atoms with Crippen molar-refractivity contribution in [1.82, 2.24) is 9.62 Å². The third-order valence-corrected chi connectivity index (χ3v) is 6.38. The molecule has 0 aromatic carbocycles. The molecule has 1 amide bonds. The first-order valence-corrected chi connectivity index (χ1v) is 8.99. The smallest absolute Gasteiger partial charge is 0.394 e. The van der Waals surface area contributed by atoms with Gasteiger partial charge in [0.15, 0.2) is 0 Å². The van der Waals surface area contributed by atoms with Gasteiger partial charge in [0.05, 0.1) is 18.4 Å².